The largest absolute Gasteiger partial charge is 0.496 e. The normalized spacial score (nSPS) is 22.5. The Hall–Kier alpha value is -2.01. The smallest absolute Gasteiger partial charge is 0.254 e. The first-order chi connectivity index (χ1) is 10.1. The number of nitrogens with zero attached hydrogens (tertiary/aromatic N) is 1. The molecule has 2 aromatic rings. The van der Waals surface area contributed by atoms with Crippen molar-refractivity contribution in [3.05, 3.63) is 30.0 Å². The van der Waals surface area contributed by atoms with Crippen LogP contribution in [0.1, 0.15) is 24.2 Å². The Morgan fingerprint density at radius 2 is 2.00 bits per heavy atom. The number of amides is 1. The lowest BCUT2D eigenvalue weighted by Gasteiger charge is -2.35. The van der Waals surface area contributed by atoms with Crippen molar-refractivity contribution in [3.63, 3.8) is 0 Å². The van der Waals surface area contributed by atoms with E-state index in [9.17, 15) is 4.79 Å². The minimum absolute atomic E-state index is 0.0198. The Bertz CT molecular complexity index is 653. The lowest BCUT2D eigenvalue weighted by Crippen LogP contribution is -2.48. The zero-order valence-electron chi connectivity index (χ0n) is 12.5. The van der Waals surface area contributed by atoms with Gasteiger partial charge in [-0.1, -0.05) is 0 Å². The summed E-state index contributed by atoms with van der Waals surface area (Å²) in [5.41, 5.74) is 1.24. The minimum Gasteiger partial charge on any atom is -0.496 e. The van der Waals surface area contributed by atoms with Crippen LogP contribution in [0.4, 0.5) is 0 Å². The van der Waals surface area contributed by atoms with E-state index in [0.29, 0.717) is 30.0 Å². The number of carbonyl (C=O) groups excluding carboxylic acids is 1. The zero-order valence-corrected chi connectivity index (χ0v) is 12.5. The van der Waals surface area contributed by atoms with Gasteiger partial charge in [-0.15, -0.1) is 0 Å². The molecular weight excluding hydrogens is 270 g/mol. The second-order valence-electron chi connectivity index (χ2n) is 5.48. The molecule has 5 heteroatoms. The number of benzene rings is 1. The summed E-state index contributed by atoms with van der Waals surface area (Å²) in [6, 6.07) is 5.37. The van der Waals surface area contributed by atoms with Crippen molar-refractivity contribution in [2.24, 2.45) is 0 Å². The molecular formula is C16H19NO4. The highest BCUT2D eigenvalue weighted by molar-refractivity contribution is 5.99. The van der Waals surface area contributed by atoms with E-state index in [1.165, 1.54) is 0 Å². The number of methoxy groups -OCH3 is 1. The van der Waals surface area contributed by atoms with Crippen LogP contribution in [0, 0.1) is 0 Å². The molecule has 1 aliphatic rings. The van der Waals surface area contributed by atoms with Crippen LogP contribution >= 0.6 is 0 Å². The van der Waals surface area contributed by atoms with Crippen molar-refractivity contribution < 1.29 is 18.7 Å². The van der Waals surface area contributed by atoms with Crippen LogP contribution < -0.4 is 4.74 Å². The number of hydrogen-bond donors (Lipinski definition) is 0. The molecule has 1 saturated heterocycles. The molecule has 0 radical (unpaired) electrons. The van der Waals surface area contributed by atoms with Crippen molar-refractivity contribution >= 4 is 16.9 Å². The quantitative estimate of drug-likeness (QED) is 0.853. The lowest BCUT2D eigenvalue weighted by molar-refractivity contribution is -0.0586. The third-order valence-corrected chi connectivity index (χ3v) is 3.71. The van der Waals surface area contributed by atoms with Gasteiger partial charge in [-0.2, -0.15) is 0 Å². The molecule has 5 nitrogen and oxygen atoms in total. The molecule has 3 rings (SSSR count). The summed E-state index contributed by atoms with van der Waals surface area (Å²) in [6.45, 7) is 5.15. The van der Waals surface area contributed by atoms with Gasteiger partial charge < -0.3 is 18.8 Å². The van der Waals surface area contributed by atoms with Gasteiger partial charge >= 0.3 is 0 Å². The predicted octanol–water partition coefficient (Wildman–Crippen LogP) is 2.69. The number of furan rings is 1. The van der Waals surface area contributed by atoms with Gasteiger partial charge in [0.05, 0.1) is 31.0 Å². The van der Waals surface area contributed by atoms with Crippen LogP contribution in [0.15, 0.2) is 28.9 Å². The first-order valence-corrected chi connectivity index (χ1v) is 7.08. The average molecular weight is 289 g/mol. The number of hydrogen-bond acceptors (Lipinski definition) is 4. The molecule has 0 unspecified atom stereocenters. The van der Waals surface area contributed by atoms with Gasteiger partial charge in [0.1, 0.15) is 11.3 Å². The van der Waals surface area contributed by atoms with E-state index in [-0.39, 0.29) is 18.1 Å². The van der Waals surface area contributed by atoms with Gasteiger partial charge in [0, 0.05) is 18.7 Å². The van der Waals surface area contributed by atoms with Crippen LogP contribution in [0.5, 0.6) is 5.75 Å². The van der Waals surface area contributed by atoms with Gasteiger partial charge in [-0.25, -0.2) is 0 Å². The predicted molar refractivity (Wildman–Crippen MR) is 78.7 cm³/mol. The van der Waals surface area contributed by atoms with E-state index in [1.807, 2.05) is 24.8 Å². The average Bonchev–Trinajstić information content (AvgIpc) is 2.92. The Balaban J connectivity index is 1.93. The summed E-state index contributed by atoms with van der Waals surface area (Å²) >= 11 is 0. The van der Waals surface area contributed by atoms with Gasteiger partial charge in [-0.05, 0) is 32.0 Å². The molecule has 1 fully saturated rings. The maximum atomic E-state index is 12.7. The van der Waals surface area contributed by atoms with Crippen molar-refractivity contribution in [1.29, 1.82) is 0 Å². The molecule has 2 heterocycles. The fourth-order valence-electron chi connectivity index (χ4n) is 2.86. The molecule has 0 aliphatic carbocycles. The summed E-state index contributed by atoms with van der Waals surface area (Å²) in [7, 11) is 1.59. The van der Waals surface area contributed by atoms with Crippen LogP contribution in [0.3, 0.4) is 0 Å². The molecule has 1 aromatic carbocycles. The van der Waals surface area contributed by atoms with E-state index in [4.69, 9.17) is 13.9 Å². The third kappa shape index (κ3) is 2.61. The highest BCUT2D eigenvalue weighted by Gasteiger charge is 2.27. The Morgan fingerprint density at radius 3 is 2.67 bits per heavy atom. The van der Waals surface area contributed by atoms with Crippen molar-refractivity contribution in [3.8, 4) is 5.75 Å². The summed E-state index contributed by atoms with van der Waals surface area (Å²) in [5, 5.41) is 0.873. The SMILES string of the molecule is COc1cc(C(=O)N2C[C@H](C)O[C@@H](C)C2)cc2occc12. The minimum atomic E-state index is -0.0198. The maximum Gasteiger partial charge on any atom is 0.254 e. The molecule has 1 aromatic heterocycles. The van der Waals surface area contributed by atoms with Crippen molar-refractivity contribution in [2.75, 3.05) is 20.2 Å². The Labute approximate surface area is 123 Å². The highest BCUT2D eigenvalue weighted by Crippen LogP contribution is 2.29. The van der Waals surface area contributed by atoms with E-state index < -0.39 is 0 Å². The number of ether oxygens (including phenoxy) is 2. The fraction of sp³-hybridized carbons (Fsp3) is 0.438. The van der Waals surface area contributed by atoms with E-state index in [2.05, 4.69) is 0 Å². The first kappa shape index (κ1) is 13.9. The summed E-state index contributed by atoms with van der Waals surface area (Å²) < 4.78 is 16.4. The first-order valence-electron chi connectivity index (χ1n) is 7.08. The monoisotopic (exact) mass is 289 g/mol. The Kier molecular flexibility index (Phi) is 3.59. The van der Waals surface area contributed by atoms with Crippen molar-refractivity contribution in [2.45, 2.75) is 26.1 Å². The molecule has 1 amide bonds. The summed E-state index contributed by atoms with van der Waals surface area (Å²) in [6.07, 6.45) is 1.69. The van der Waals surface area contributed by atoms with E-state index >= 15 is 0 Å². The van der Waals surface area contributed by atoms with Gasteiger partial charge in [-0.3, -0.25) is 4.79 Å². The summed E-state index contributed by atoms with van der Waals surface area (Å²) in [4.78, 5) is 14.5. The number of morpholine rings is 1. The van der Waals surface area contributed by atoms with Crippen LogP contribution in [-0.4, -0.2) is 43.2 Å². The van der Waals surface area contributed by atoms with Crippen LogP contribution in [0.25, 0.3) is 11.0 Å². The summed E-state index contributed by atoms with van der Waals surface area (Å²) in [5.74, 6) is 0.632. The van der Waals surface area contributed by atoms with E-state index in [1.54, 1.807) is 25.5 Å². The van der Waals surface area contributed by atoms with Gasteiger partial charge in [0.15, 0.2) is 0 Å². The second-order valence-corrected chi connectivity index (χ2v) is 5.48. The maximum absolute atomic E-state index is 12.7. The molecule has 0 saturated carbocycles. The molecule has 1 aliphatic heterocycles. The highest BCUT2D eigenvalue weighted by atomic mass is 16.5. The van der Waals surface area contributed by atoms with Gasteiger partial charge in [0.2, 0.25) is 0 Å². The molecule has 0 bridgehead atoms. The number of fused-ring (bicyclic) bond motifs is 1. The van der Waals surface area contributed by atoms with Crippen LogP contribution in [-0.2, 0) is 4.74 Å². The second kappa shape index (κ2) is 5.41. The topological polar surface area (TPSA) is 51.9 Å². The molecule has 0 N–H and O–H groups in total. The zero-order chi connectivity index (χ0) is 15.0. The molecule has 21 heavy (non-hydrogen) atoms. The third-order valence-electron chi connectivity index (χ3n) is 3.71. The number of carbonyl (C=O) groups is 1. The standard InChI is InChI=1S/C16H19NO4/c1-10-8-17(9-11(2)21-10)16(18)12-6-14(19-3)13-4-5-20-15(13)7-12/h4-7,10-11H,8-9H2,1-3H3/t10-,11-/m0/s1. The Morgan fingerprint density at radius 1 is 1.29 bits per heavy atom. The van der Waals surface area contributed by atoms with Crippen molar-refractivity contribution in [1.82, 2.24) is 4.90 Å². The molecule has 0 spiro atoms. The fourth-order valence-corrected chi connectivity index (χ4v) is 2.86. The van der Waals surface area contributed by atoms with Crippen LogP contribution in [0.2, 0.25) is 0 Å². The molecule has 2 atom stereocenters. The number of rotatable bonds is 2. The lowest BCUT2D eigenvalue weighted by atomic mass is 10.1. The van der Waals surface area contributed by atoms with Gasteiger partial charge in [0.25, 0.3) is 5.91 Å². The molecule has 112 valence electrons. The van der Waals surface area contributed by atoms with E-state index in [0.717, 1.165) is 5.39 Å².